The molecule has 6 nitrogen and oxygen atoms in total. The number of pyridine rings is 2. The fourth-order valence-electron chi connectivity index (χ4n) is 4.53. The summed E-state index contributed by atoms with van der Waals surface area (Å²) in [5, 5.41) is 0.969. The third-order valence-corrected chi connectivity index (χ3v) is 5.60. The molecule has 1 unspecified atom stereocenters. The van der Waals surface area contributed by atoms with Crippen LogP contribution in [-0.4, -0.2) is 33.8 Å². The number of nitrogen functional groups attached to an aromatic ring is 1. The molecule has 3 aromatic heterocycles. The van der Waals surface area contributed by atoms with Gasteiger partial charge >= 0.3 is 0 Å². The van der Waals surface area contributed by atoms with Crippen molar-refractivity contribution in [3.05, 3.63) is 36.7 Å². The van der Waals surface area contributed by atoms with Gasteiger partial charge in [-0.1, -0.05) is 19.9 Å². The zero-order chi connectivity index (χ0) is 19.1. The van der Waals surface area contributed by atoms with Crippen LogP contribution < -0.4 is 10.6 Å². The molecular formula is C21H25N5O. The first-order chi connectivity index (χ1) is 12.9. The van der Waals surface area contributed by atoms with Gasteiger partial charge in [0, 0.05) is 36.2 Å². The number of rotatable bonds is 3. The van der Waals surface area contributed by atoms with Crippen LogP contribution in [0.5, 0.6) is 0 Å². The average molecular weight is 363 g/mol. The van der Waals surface area contributed by atoms with E-state index in [4.69, 9.17) is 10.7 Å². The Morgan fingerprint density at radius 2 is 2.00 bits per heavy atom. The second-order valence-corrected chi connectivity index (χ2v) is 7.74. The van der Waals surface area contributed by atoms with Crippen molar-refractivity contribution in [1.29, 1.82) is 0 Å². The summed E-state index contributed by atoms with van der Waals surface area (Å²) < 4.78 is 0. The van der Waals surface area contributed by atoms with Crippen molar-refractivity contribution in [3.8, 4) is 11.3 Å². The summed E-state index contributed by atoms with van der Waals surface area (Å²) >= 11 is 0. The number of nitrogens with one attached hydrogen (secondary N) is 1. The monoisotopic (exact) mass is 363 g/mol. The molecule has 27 heavy (non-hydrogen) atoms. The summed E-state index contributed by atoms with van der Waals surface area (Å²) in [6, 6.07) is 8.00. The van der Waals surface area contributed by atoms with Crippen LogP contribution in [0.2, 0.25) is 0 Å². The van der Waals surface area contributed by atoms with Gasteiger partial charge in [-0.2, -0.15) is 0 Å². The first-order valence-corrected chi connectivity index (χ1v) is 9.39. The van der Waals surface area contributed by atoms with Crippen LogP contribution in [0.25, 0.3) is 22.3 Å². The Bertz CT molecular complexity index is 983. The maximum absolute atomic E-state index is 12.0. The van der Waals surface area contributed by atoms with E-state index in [-0.39, 0.29) is 5.92 Å². The normalized spacial score (nSPS) is 22.9. The lowest BCUT2D eigenvalue weighted by molar-refractivity contribution is -0.124. The molecule has 4 rings (SSSR count). The Kier molecular flexibility index (Phi) is 4.34. The largest absolute Gasteiger partial charge is 0.397 e. The van der Waals surface area contributed by atoms with Crippen LogP contribution in [0.3, 0.4) is 0 Å². The van der Waals surface area contributed by atoms with E-state index in [1.165, 1.54) is 0 Å². The van der Waals surface area contributed by atoms with Crippen molar-refractivity contribution in [1.82, 2.24) is 15.0 Å². The van der Waals surface area contributed by atoms with E-state index in [0.717, 1.165) is 41.2 Å². The van der Waals surface area contributed by atoms with Gasteiger partial charge < -0.3 is 15.6 Å². The highest BCUT2D eigenvalue weighted by Crippen LogP contribution is 2.33. The molecule has 4 heterocycles. The Morgan fingerprint density at radius 3 is 2.70 bits per heavy atom. The van der Waals surface area contributed by atoms with E-state index in [9.17, 15) is 4.79 Å². The summed E-state index contributed by atoms with van der Waals surface area (Å²) in [4.78, 5) is 26.7. The Labute approximate surface area is 158 Å². The number of nitrogens with two attached hydrogens (primary N) is 1. The van der Waals surface area contributed by atoms with Gasteiger partial charge in [0.15, 0.2) is 0 Å². The number of carbonyl (C=O) groups excluding carboxylic acids is 1. The van der Waals surface area contributed by atoms with Crippen LogP contribution in [-0.2, 0) is 4.79 Å². The van der Waals surface area contributed by atoms with Crippen LogP contribution in [0, 0.1) is 17.8 Å². The lowest BCUT2D eigenvalue weighted by atomic mass is 9.77. The molecule has 6 heteroatoms. The van der Waals surface area contributed by atoms with Gasteiger partial charge in [-0.05, 0) is 37.0 Å². The summed E-state index contributed by atoms with van der Waals surface area (Å²) in [7, 11) is 0. The number of aromatic amines is 1. The highest BCUT2D eigenvalue weighted by atomic mass is 16.1. The van der Waals surface area contributed by atoms with E-state index in [1.807, 2.05) is 30.5 Å². The topological polar surface area (TPSA) is 87.9 Å². The Hall–Kier alpha value is -2.89. The van der Waals surface area contributed by atoms with Crippen molar-refractivity contribution < 1.29 is 4.79 Å². The number of anilines is 2. The molecule has 1 saturated heterocycles. The molecule has 3 N–H and O–H groups in total. The van der Waals surface area contributed by atoms with E-state index in [2.05, 4.69) is 28.7 Å². The first-order valence-electron chi connectivity index (χ1n) is 9.39. The molecule has 0 aromatic carbocycles. The quantitative estimate of drug-likeness (QED) is 0.743. The summed E-state index contributed by atoms with van der Waals surface area (Å²) in [6.45, 7) is 7.71. The predicted molar refractivity (Wildman–Crippen MR) is 108 cm³/mol. The number of hydrogen-bond donors (Lipinski definition) is 2. The molecule has 0 spiro atoms. The van der Waals surface area contributed by atoms with E-state index >= 15 is 0 Å². The molecule has 0 aliphatic carbocycles. The van der Waals surface area contributed by atoms with Gasteiger partial charge in [-0.15, -0.1) is 0 Å². The number of carbonyl (C=O) groups is 1. The zero-order valence-corrected chi connectivity index (χ0v) is 15.9. The Balaban J connectivity index is 1.67. The van der Waals surface area contributed by atoms with E-state index < -0.39 is 0 Å². The molecule has 3 atom stereocenters. The summed E-state index contributed by atoms with van der Waals surface area (Å²) in [5.41, 5.74) is 9.23. The smallest absolute Gasteiger partial charge is 0.138 e. The molecule has 1 fully saturated rings. The van der Waals surface area contributed by atoms with Crippen LogP contribution in [0.15, 0.2) is 36.7 Å². The lowest BCUT2D eigenvalue weighted by Gasteiger charge is -2.41. The highest BCUT2D eigenvalue weighted by Gasteiger charge is 2.35. The minimum Gasteiger partial charge on any atom is -0.397 e. The third kappa shape index (κ3) is 3.16. The number of fused-ring (bicyclic) bond motifs is 1. The fourth-order valence-corrected chi connectivity index (χ4v) is 4.53. The standard InChI is InChI=1S/C21H25N5O/c1-12-10-26(11-13(2)20(12)14(3)27)19-6-4-5-18(25-19)17-9-24-21-16(17)7-15(22)8-23-21/h4-9,12-13,20H,10-11,22H2,1-3H3,(H,23,24)/t12-,13+,20?. The van der Waals surface area contributed by atoms with E-state index in [0.29, 0.717) is 23.3 Å². The predicted octanol–water partition coefficient (Wildman–Crippen LogP) is 3.50. The molecular weight excluding hydrogens is 338 g/mol. The van der Waals surface area contributed by atoms with E-state index in [1.54, 1.807) is 13.1 Å². The number of piperidine rings is 1. The van der Waals surface area contributed by atoms with Crippen molar-refractivity contribution >= 4 is 28.3 Å². The lowest BCUT2D eigenvalue weighted by Crippen LogP contribution is -2.47. The maximum atomic E-state index is 12.0. The van der Waals surface area contributed by atoms with Crippen molar-refractivity contribution in [2.75, 3.05) is 23.7 Å². The minimum absolute atomic E-state index is 0.132. The molecule has 1 aliphatic heterocycles. The van der Waals surface area contributed by atoms with Crippen LogP contribution in [0.1, 0.15) is 20.8 Å². The van der Waals surface area contributed by atoms with Gasteiger partial charge in [0.2, 0.25) is 0 Å². The van der Waals surface area contributed by atoms with Crippen LogP contribution >= 0.6 is 0 Å². The van der Waals surface area contributed by atoms with Crippen molar-refractivity contribution in [2.45, 2.75) is 20.8 Å². The van der Waals surface area contributed by atoms with Crippen molar-refractivity contribution in [3.63, 3.8) is 0 Å². The number of nitrogens with zero attached hydrogens (tertiary/aromatic N) is 3. The molecule has 0 amide bonds. The second-order valence-electron chi connectivity index (χ2n) is 7.74. The number of hydrogen-bond acceptors (Lipinski definition) is 5. The SMILES string of the molecule is CC(=O)C1[C@H](C)CN(c2cccc(-c3c[nH]c4ncc(N)cc34)n2)C[C@@H]1C. The maximum Gasteiger partial charge on any atom is 0.138 e. The van der Waals surface area contributed by atoms with Gasteiger partial charge in [0.1, 0.15) is 17.2 Å². The number of Topliss-reactive ketones (excluding diaryl/α,β-unsaturated/α-hetero) is 1. The second kappa shape index (κ2) is 6.68. The number of aromatic nitrogens is 3. The number of ketones is 1. The third-order valence-electron chi connectivity index (χ3n) is 5.60. The molecule has 3 aromatic rings. The molecule has 0 radical (unpaired) electrons. The zero-order valence-electron chi connectivity index (χ0n) is 15.9. The van der Waals surface area contributed by atoms with Gasteiger partial charge in [0.25, 0.3) is 0 Å². The molecule has 0 saturated carbocycles. The fraction of sp³-hybridized carbons (Fsp3) is 0.381. The van der Waals surface area contributed by atoms with Crippen LogP contribution in [0.4, 0.5) is 11.5 Å². The van der Waals surface area contributed by atoms with Crippen molar-refractivity contribution in [2.24, 2.45) is 17.8 Å². The molecule has 140 valence electrons. The Morgan fingerprint density at radius 1 is 1.26 bits per heavy atom. The van der Waals surface area contributed by atoms with Gasteiger partial charge in [0.05, 0.1) is 17.6 Å². The summed E-state index contributed by atoms with van der Waals surface area (Å²) in [5.74, 6) is 1.99. The first kappa shape index (κ1) is 17.5. The highest BCUT2D eigenvalue weighted by molar-refractivity contribution is 5.94. The van der Waals surface area contributed by atoms with Gasteiger partial charge in [-0.25, -0.2) is 9.97 Å². The molecule has 0 bridgehead atoms. The summed E-state index contributed by atoms with van der Waals surface area (Å²) in [6.07, 6.45) is 3.57. The number of H-pyrrole nitrogens is 1. The van der Waals surface area contributed by atoms with Gasteiger partial charge in [-0.3, -0.25) is 4.79 Å². The minimum atomic E-state index is 0.132. The molecule has 1 aliphatic rings. The average Bonchev–Trinajstić information content (AvgIpc) is 3.04.